The number of esters is 1. The first-order valence-corrected chi connectivity index (χ1v) is 9.37. The number of halogens is 2. The first-order chi connectivity index (χ1) is 11.9. The van der Waals surface area contributed by atoms with E-state index in [4.69, 9.17) is 32.7 Å². The summed E-state index contributed by atoms with van der Waals surface area (Å²) in [4.78, 5) is 24.3. The van der Waals surface area contributed by atoms with Gasteiger partial charge in [-0.05, 0) is 25.5 Å². The zero-order valence-electron chi connectivity index (χ0n) is 14.2. The topological polar surface area (TPSA) is 64.6 Å². The van der Waals surface area contributed by atoms with E-state index in [0.717, 1.165) is 24.2 Å². The Balaban J connectivity index is 2.11. The normalized spacial score (nSPS) is 12.0. The van der Waals surface area contributed by atoms with E-state index in [2.05, 4.69) is 5.32 Å². The van der Waals surface area contributed by atoms with Crippen LogP contribution in [-0.4, -0.2) is 31.6 Å². The van der Waals surface area contributed by atoms with E-state index >= 15 is 0 Å². The molecule has 0 spiro atoms. The second-order valence-electron chi connectivity index (χ2n) is 5.54. The van der Waals surface area contributed by atoms with Gasteiger partial charge >= 0.3 is 5.97 Å². The zero-order valence-corrected chi connectivity index (χ0v) is 16.5. The number of hydrogen-bond acceptors (Lipinski definition) is 5. The van der Waals surface area contributed by atoms with Gasteiger partial charge in [0, 0.05) is 11.4 Å². The van der Waals surface area contributed by atoms with Crippen molar-refractivity contribution >= 4 is 56.5 Å². The maximum Gasteiger partial charge on any atom is 0.350 e. The van der Waals surface area contributed by atoms with Crippen LogP contribution < -0.4 is 10.1 Å². The molecular weight excluding hydrogens is 385 g/mol. The number of benzene rings is 1. The molecule has 0 bridgehead atoms. The van der Waals surface area contributed by atoms with Gasteiger partial charge in [0.15, 0.2) is 6.61 Å². The molecule has 0 saturated carbocycles. The van der Waals surface area contributed by atoms with Crippen molar-refractivity contribution in [1.29, 1.82) is 0 Å². The number of hydrogen-bond donors (Lipinski definition) is 1. The Hall–Kier alpha value is -1.50. The van der Waals surface area contributed by atoms with Gasteiger partial charge in [-0.1, -0.05) is 36.5 Å². The Labute approximate surface area is 160 Å². The molecule has 1 unspecified atom stereocenters. The number of ether oxygens (including phenoxy) is 2. The minimum absolute atomic E-state index is 0.0374. The summed E-state index contributed by atoms with van der Waals surface area (Å²) in [5, 5.41) is 4.06. The predicted octanol–water partition coefficient (Wildman–Crippen LogP) is 4.68. The molecule has 0 aliphatic heterocycles. The van der Waals surface area contributed by atoms with Gasteiger partial charge in [0.2, 0.25) is 0 Å². The molecule has 1 aromatic carbocycles. The molecule has 1 aromatic heterocycles. The first kappa shape index (κ1) is 19.8. The van der Waals surface area contributed by atoms with E-state index in [0.29, 0.717) is 20.9 Å². The van der Waals surface area contributed by atoms with Gasteiger partial charge in [-0.2, -0.15) is 0 Å². The average Bonchev–Trinajstić information content (AvgIpc) is 2.91. The third-order valence-corrected chi connectivity index (χ3v) is 5.77. The van der Waals surface area contributed by atoms with Crippen LogP contribution in [0.2, 0.25) is 10.0 Å². The highest BCUT2D eigenvalue weighted by Crippen LogP contribution is 2.43. The summed E-state index contributed by atoms with van der Waals surface area (Å²) >= 11 is 13.6. The maximum atomic E-state index is 12.3. The minimum Gasteiger partial charge on any atom is -0.495 e. The Kier molecular flexibility index (Phi) is 6.93. The molecule has 5 nitrogen and oxygen atoms in total. The maximum absolute atomic E-state index is 12.3. The van der Waals surface area contributed by atoms with E-state index in [9.17, 15) is 9.59 Å². The van der Waals surface area contributed by atoms with Gasteiger partial charge in [0.05, 0.1) is 16.8 Å². The molecule has 0 radical (unpaired) electrons. The quantitative estimate of drug-likeness (QED) is 0.681. The first-order valence-electron chi connectivity index (χ1n) is 7.80. The Morgan fingerprint density at radius 1 is 1.28 bits per heavy atom. The summed E-state index contributed by atoms with van der Waals surface area (Å²) in [6.45, 7) is 3.59. The Bertz CT molecular complexity index is 791. The second-order valence-corrected chi connectivity index (χ2v) is 7.31. The van der Waals surface area contributed by atoms with Gasteiger partial charge in [-0.15, -0.1) is 11.3 Å². The molecular formula is C17H19Cl2NO4S. The number of methoxy groups -OCH3 is 1. The van der Waals surface area contributed by atoms with Crippen LogP contribution in [0, 0.1) is 0 Å². The van der Waals surface area contributed by atoms with Crippen LogP contribution in [-0.2, 0) is 9.53 Å². The van der Waals surface area contributed by atoms with Crippen LogP contribution in [0.15, 0.2) is 12.1 Å². The second kappa shape index (κ2) is 8.74. The lowest BCUT2D eigenvalue weighted by Gasteiger charge is -2.12. The molecule has 0 aliphatic rings. The van der Waals surface area contributed by atoms with Crippen molar-refractivity contribution in [2.75, 3.05) is 13.7 Å². The number of thiophene rings is 1. The van der Waals surface area contributed by atoms with Crippen molar-refractivity contribution in [3.05, 3.63) is 27.1 Å². The summed E-state index contributed by atoms with van der Waals surface area (Å²) in [6.07, 6.45) is 1.82. The largest absolute Gasteiger partial charge is 0.495 e. The van der Waals surface area contributed by atoms with Crippen molar-refractivity contribution < 1.29 is 19.1 Å². The summed E-state index contributed by atoms with van der Waals surface area (Å²) in [5.41, 5.74) is 0. The number of carbonyl (C=O) groups is 2. The smallest absolute Gasteiger partial charge is 0.350 e. The molecule has 0 aliphatic carbocycles. The fourth-order valence-electron chi connectivity index (χ4n) is 2.39. The molecule has 1 atom stereocenters. The molecule has 1 amide bonds. The van der Waals surface area contributed by atoms with Gasteiger partial charge in [0.25, 0.3) is 5.91 Å². The monoisotopic (exact) mass is 403 g/mol. The zero-order chi connectivity index (χ0) is 18.6. The van der Waals surface area contributed by atoms with E-state index in [1.165, 1.54) is 7.11 Å². The van der Waals surface area contributed by atoms with Crippen molar-refractivity contribution in [2.24, 2.45) is 0 Å². The van der Waals surface area contributed by atoms with Crippen LogP contribution in [0.3, 0.4) is 0 Å². The van der Waals surface area contributed by atoms with Crippen LogP contribution in [0.25, 0.3) is 10.1 Å². The van der Waals surface area contributed by atoms with Gasteiger partial charge in [-0.3, -0.25) is 4.79 Å². The van der Waals surface area contributed by atoms with Gasteiger partial charge in [0.1, 0.15) is 15.6 Å². The predicted molar refractivity (Wildman–Crippen MR) is 101 cm³/mol. The molecule has 8 heteroatoms. The lowest BCUT2D eigenvalue weighted by Crippen LogP contribution is -2.35. The highest BCUT2D eigenvalue weighted by atomic mass is 35.5. The van der Waals surface area contributed by atoms with Gasteiger partial charge < -0.3 is 14.8 Å². The van der Waals surface area contributed by atoms with Crippen molar-refractivity contribution in [3.8, 4) is 5.75 Å². The summed E-state index contributed by atoms with van der Waals surface area (Å²) < 4.78 is 10.9. The highest BCUT2D eigenvalue weighted by molar-refractivity contribution is 7.22. The number of rotatable bonds is 7. The van der Waals surface area contributed by atoms with Crippen molar-refractivity contribution in [3.63, 3.8) is 0 Å². The fourth-order valence-corrected chi connectivity index (χ4v) is 4.17. The van der Waals surface area contributed by atoms with Crippen LogP contribution >= 0.6 is 34.5 Å². The molecule has 136 valence electrons. The molecule has 2 rings (SSSR count). The third kappa shape index (κ3) is 4.57. The van der Waals surface area contributed by atoms with Crippen LogP contribution in [0.1, 0.15) is 36.4 Å². The van der Waals surface area contributed by atoms with E-state index < -0.39 is 5.97 Å². The van der Waals surface area contributed by atoms with Crippen LogP contribution in [0.5, 0.6) is 5.75 Å². The summed E-state index contributed by atoms with van der Waals surface area (Å²) in [6, 6.07) is 3.45. The fraction of sp³-hybridized carbons (Fsp3) is 0.412. The lowest BCUT2D eigenvalue weighted by atomic mass is 10.2. The number of carbonyl (C=O) groups excluding carboxylic acids is 2. The number of amides is 1. The van der Waals surface area contributed by atoms with Crippen molar-refractivity contribution in [1.82, 2.24) is 5.32 Å². The Morgan fingerprint density at radius 3 is 2.64 bits per heavy atom. The van der Waals surface area contributed by atoms with Crippen LogP contribution in [0.4, 0.5) is 0 Å². The number of nitrogens with one attached hydrogen (secondary N) is 1. The Morgan fingerprint density at radius 2 is 2.00 bits per heavy atom. The molecule has 25 heavy (non-hydrogen) atoms. The third-order valence-electron chi connectivity index (χ3n) is 3.57. The highest BCUT2D eigenvalue weighted by Gasteiger charge is 2.22. The number of fused-ring (bicyclic) bond motifs is 1. The molecule has 1 N–H and O–H groups in total. The molecule has 1 heterocycles. The summed E-state index contributed by atoms with van der Waals surface area (Å²) in [7, 11) is 1.51. The van der Waals surface area contributed by atoms with Gasteiger partial charge in [-0.25, -0.2) is 4.79 Å². The van der Waals surface area contributed by atoms with E-state index in [1.54, 1.807) is 12.1 Å². The van der Waals surface area contributed by atoms with Crippen molar-refractivity contribution in [2.45, 2.75) is 32.7 Å². The SMILES string of the molecule is CCCC(C)NC(=O)COC(=O)c1sc2c(Cl)c(OC)ccc2c1Cl. The average molecular weight is 404 g/mol. The standard InChI is InChI=1S/C17H19Cl2NO4S/c1-4-5-9(2)20-12(21)8-24-17(22)16-13(18)10-6-7-11(23-3)14(19)15(10)25-16/h6-7,9H,4-5,8H2,1-3H3,(H,20,21). The molecule has 0 fully saturated rings. The molecule has 0 saturated heterocycles. The lowest BCUT2D eigenvalue weighted by molar-refractivity contribution is -0.124. The van der Waals surface area contributed by atoms with E-state index in [1.807, 2.05) is 13.8 Å². The minimum atomic E-state index is -0.653. The molecule has 2 aromatic rings. The van der Waals surface area contributed by atoms with E-state index in [-0.39, 0.29) is 28.5 Å². The summed E-state index contributed by atoms with van der Waals surface area (Å²) in [5.74, 6) is -0.498.